The van der Waals surface area contributed by atoms with Crippen molar-refractivity contribution < 1.29 is 22.8 Å². The first-order valence-corrected chi connectivity index (χ1v) is 13.2. The molecule has 2 aliphatic rings. The number of urea groups is 1. The van der Waals surface area contributed by atoms with Crippen LogP contribution in [0.5, 0.6) is 0 Å². The van der Waals surface area contributed by atoms with Gasteiger partial charge in [0.15, 0.2) is 0 Å². The standard InChI is InChI=1S/C25H30N4O5S/c1-3-28(4-2)35(33,34)20-13-11-18(12-14-20)16-26-22(30)17-29-23(31)25(27-24(29)32)15-7-9-19-8-5-6-10-21(19)25/h5-6,8,10-14H,3-4,7,9,15-17H2,1-2H3,(H,26,30)(H,27,32)/t25-/m1/s1. The Bertz CT molecular complexity index is 1240. The number of rotatable bonds is 8. The van der Waals surface area contributed by atoms with Gasteiger partial charge >= 0.3 is 6.03 Å². The van der Waals surface area contributed by atoms with Gasteiger partial charge in [-0.05, 0) is 48.1 Å². The summed E-state index contributed by atoms with van der Waals surface area (Å²) in [4.78, 5) is 39.7. The fourth-order valence-corrected chi connectivity index (χ4v) is 6.31. The molecule has 186 valence electrons. The number of carbonyl (C=O) groups is 3. The summed E-state index contributed by atoms with van der Waals surface area (Å²) in [6.07, 6.45) is 2.11. The van der Waals surface area contributed by atoms with Crippen molar-refractivity contribution in [2.45, 2.75) is 50.1 Å². The van der Waals surface area contributed by atoms with Gasteiger partial charge in [0.2, 0.25) is 15.9 Å². The van der Waals surface area contributed by atoms with Gasteiger partial charge in [-0.1, -0.05) is 50.2 Å². The van der Waals surface area contributed by atoms with Gasteiger partial charge in [-0.25, -0.2) is 13.2 Å². The summed E-state index contributed by atoms with van der Waals surface area (Å²) in [5, 5.41) is 5.55. The second-order valence-electron chi connectivity index (χ2n) is 8.75. The van der Waals surface area contributed by atoms with E-state index in [0.717, 1.165) is 28.9 Å². The summed E-state index contributed by atoms with van der Waals surface area (Å²) in [6.45, 7) is 4.08. The van der Waals surface area contributed by atoms with Crippen LogP contribution in [-0.2, 0) is 38.1 Å². The molecule has 1 fully saturated rings. The van der Waals surface area contributed by atoms with Crippen LogP contribution in [0.15, 0.2) is 53.4 Å². The van der Waals surface area contributed by atoms with Gasteiger partial charge < -0.3 is 10.6 Å². The number of imide groups is 1. The third-order valence-corrected chi connectivity index (χ3v) is 8.77. The van der Waals surface area contributed by atoms with E-state index in [9.17, 15) is 22.8 Å². The fraction of sp³-hybridized carbons (Fsp3) is 0.400. The number of amides is 4. The SMILES string of the molecule is CCN(CC)S(=O)(=O)c1ccc(CNC(=O)CN2C(=O)N[C@@]3(CCCc4ccccc43)C2=O)cc1. The average molecular weight is 499 g/mol. The van der Waals surface area contributed by atoms with Crippen molar-refractivity contribution in [2.75, 3.05) is 19.6 Å². The molecule has 1 atom stereocenters. The molecule has 1 aliphatic carbocycles. The number of benzene rings is 2. The van der Waals surface area contributed by atoms with E-state index in [0.29, 0.717) is 25.1 Å². The van der Waals surface area contributed by atoms with E-state index in [4.69, 9.17) is 0 Å². The van der Waals surface area contributed by atoms with Gasteiger partial charge in [0, 0.05) is 19.6 Å². The molecule has 4 amide bonds. The molecule has 0 bridgehead atoms. The molecular formula is C25H30N4O5S. The summed E-state index contributed by atoms with van der Waals surface area (Å²) in [7, 11) is -3.55. The molecule has 9 nitrogen and oxygen atoms in total. The molecule has 4 rings (SSSR count). The molecule has 0 radical (unpaired) electrons. The summed E-state index contributed by atoms with van der Waals surface area (Å²) >= 11 is 0. The Kier molecular flexibility index (Phi) is 6.95. The van der Waals surface area contributed by atoms with Crippen molar-refractivity contribution in [3.05, 3.63) is 65.2 Å². The number of nitrogens with zero attached hydrogens (tertiary/aromatic N) is 2. The highest BCUT2D eigenvalue weighted by Crippen LogP contribution is 2.39. The number of fused-ring (bicyclic) bond motifs is 2. The van der Waals surface area contributed by atoms with Crippen molar-refractivity contribution in [2.24, 2.45) is 0 Å². The van der Waals surface area contributed by atoms with Crippen LogP contribution in [0.3, 0.4) is 0 Å². The lowest BCUT2D eigenvalue weighted by atomic mass is 9.76. The lowest BCUT2D eigenvalue weighted by Crippen LogP contribution is -2.47. The van der Waals surface area contributed by atoms with Crippen LogP contribution in [-0.4, -0.2) is 55.1 Å². The Hall–Kier alpha value is -3.24. The Labute approximate surface area is 205 Å². The largest absolute Gasteiger partial charge is 0.350 e. The highest BCUT2D eigenvalue weighted by atomic mass is 32.2. The van der Waals surface area contributed by atoms with Crippen molar-refractivity contribution in [3.8, 4) is 0 Å². The zero-order chi connectivity index (χ0) is 25.2. The van der Waals surface area contributed by atoms with Gasteiger partial charge in [-0.2, -0.15) is 4.31 Å². The molecule has 1 heterocycles. The van der Waals surface area contributed by atoms with Crippen LogP contribution in [0.2, 0.25) is 0 Å². The predicted molar refractivity (Wildman–Crippen MR) is 130 cm³/mol. The molecule has 35 heavy (non-hydrogen) atoms. The van der Waals surface area contributed by atoms with Gasteiger partial charge in [-0.3, -0.25) is 14.5 Å². The van der Waals surface area contributed by atoms with Crippen molar-refractivity contribution >= 4 is 27.9 Å². The third kappa shape index (κ3) is 4.55. The van der Waals surface area contributed by atoms with Crippen LogP contribution in [0, 0.1) is 0 Å². The molecule has 10 heteroatoms. The number of nitrogens with one attached hydrogen (secondary N) is 2. The molecular weight excluding hydrogens is 468 g/mol. The Morgan fingerprint density at radius 1 is 1.09 bits per heavy atom. The smallest absolute Gasteiger partial charge is 0.325 e. The maximum atomic E-state index is 13.3. The van der Waals surface area contributed by atoms with Crippen LogP contribution >= 0.6 is 0 Å². The Morgan fingerprint density at radius 2 is 1.77 bits per heavy atom. The van der Waals surface area contributed by atoms with E-state index in [1.165, 1.54) is 16.4 Å². The van der Waals surface area contributed by atoms with E-state index in [1.807, 2.05) is 24.3 Å². The molecule has 2 N–H and O–H groups in total. The number of hydrogen-bond acceptors (Lipinski definition) is 5. The van der Waals surface area contributed by atoms with Gasteiger partial charge in [0.05, 0.1) is 4.90 Å². The zero-order valence-corrected chi connectivity index (χ0v) is 20.7. The van der Waals surface area contributed by atoms with E-state index >= 15 is 0 Å². The number of hydrogen-bond donors (Lipinski definition) is 2. The fourth-order valence-electron chi connectivity index (χ4n) is 4.85. The maximum Gasteiger partial charge on any atom is 0.325 e. The third-order valence-electron chi connectivity index (χ3n) is 6.71. The van der Waals surface area contributed by atoms with Gasteiger partial charge in [0.25, 0.3) is 5.91 Å². The van der Waals surface area contributed by atoms with Crippen molar-refractivity contribution in [3.63, 3.8) is 0 Å². The Balaban J connectivity index is 1.39. The first-order chi connectivity index (χ1) is 16.7. The molecule has 1 saturated heterocycles. The van der Waals surface area contributed by atoms with Crippen molar-refractivity contribution in [1.82, 2.24) is 19.8 Å². The first kappa shape index (κ1) is 24.9. The minimum Gasteiger partial charge on any atom is -0.350 e. The summed E-state index contributed by atoms with van der Waals surface area (Å²) < 4.78 is 26.6. The predicted octanol–water partition coefficient (Wildman–Crippen LogP) is 2.12. The lowest BCUT2D eigenvalue weighted by Gasteiger charge is -2.33. The second-order valence-corrected chi connectivity index (χ2v) is 10.7. The van der Waals surface area contributed by atoms with Gasteiger partial charge in [0.1, 0.15) is 12.1 Å². The first-order valence-electron chi connectivity index (χ1n) is 11.8. The Morgan fingerprint density at radius 3 is 2.46 bits per heavy atom. The molecule has 1 aliphatic heterocycles. The maximum absolute atomic E-state index is 13.3. The molecule has 0 saturated carbocycles. The summed E-state index contributed by atoms with van der Waals surface area (Å²) in [5.74, 6) is -0.884. The van der Waals surface area contributed by atoms with Crippen LogP contribution in [0.25, 0.3) is 0 Å². The molecule has 2 aromatic carbocycles. The normalized spacial score (nSPS) is 19.7. The minimum absolute atomic E-state index is 0.141. The number of aryl methyl sites for hydroxylation is 1. The van der Waals surface area contributed by atoms with Crippen LogP contribution in [0.4, 0.5) is 4.79 Å². The quantitative estimate of drug-likeness (QED) is 0.541. The second kappa shape index (κ2) is 9.79. The monoisotopic (exact) mass is 498 g/mol. The van der Waals surface area contributed by atoms with E-state index in [2.05, 4.69) is 10.6 Å². The molecule has 0 unspecified atom stereocenters. The van der Waals surface area contributed by atoms with E-state index in [1.54, 1.807) is 26.0 Å². The van der Waals surface area contributed by atoms with Crippen molar-refractivity contribution in [1.29, 1.82) is 0 Å². The van der Waals surface area contributed by atoms with E-state index in [-0.39, 0.29) is 18.0 Å². The minimum atomic E-state index is -3.55. The molecule has 1 spiro atoms. The summed E-state index contributed by atoms with van der Waals surface area (Å²) in [6, 6.07) is 13.3. The van der Waals surface area contributed by atoms with E-state index < -0.39 is 33.4 Å². The zero-order valence-electron chi connectivity index (χ0n) is 19.9. The average Bonchev–Trinajstić information content (AvgIpc) is 3.08. The van der Waals surface area contributed by atoms with Crippen LogP contribution < -0.4 is 10.6 Å². The number of carbonyl (C=O) groups excluding carboxylic acids is 3. The van der Waals surface area contributed by atoms with Crippen LogP contribution in [0.1, 0.15) is 43.4 Å². The molecule has 0 aromatic heterocycles. The number of sulfonamides is 1. The lowest BCUT2D eigenvalue weighted by molar-refractivity contribution is -0.135. The topological polar surface area (TPSA) is 116 Å². The van der Waals surface area contributed by atoms with Gasteiger partial charge in [-0.15, -0.1) is 0 Å². The molecule has 2 aromatic rings. The highest BCUT2D eigenvalue weighted by molar-refractivity contribution is 7.89. The highest BCUT2D eigenvalue weighted by Gasteiger charge is 2.54. The summed E-state index contributed by atoms with van der Waals surface area (Å²) in [5.41, 5.74) is 1.42.